The Morgan fingerprint density at radius 1 is 1.26 bits per heavy atom. The second kappa shape index (κ2) is 11.1. The topological polar surface area (TPSA) is 58.9 Å². The Bertz CT molecular complexity index is 369. The lowest BCUT2D eigenvalue weighted by Gasteiger charge is -2.07. The molecule has 0 spiro atoms. The van der Waals surface area contributed by atoms with Gasteiger partial charge in [0.25, 0.3) is 0 Å². The fraction of sp³-hybridized carbons (Fsp3) is 0.667. The van der Waals surface area contributed by atoms with Crippen molar-refractivity contribution in [2.24, 2.45) is 0 Å². The van der Waals surface area contributed by atoms with E-state index in [2.05, 4.69) is 22.7 Å². The average Bonchev–Trinajstić information content (AvgIpc) is 2.57. The van der Waals surface area contributed by atoms with Crippen molar-refractivity contribution in [2.45, 2.75) is 33.7 Å². The lowest BCUT2D eigenvalue weighted by molar-refractivity contribution is -0.121. The number of nitrogens with one attached hydrogen (secondary N) is 2. The van der Waals surface area contributed by atoms with Crippen LogP contribution in [0.1, 0.15) is 24.7 Å². The maximum absolute atomic E-state index is 11.6. The molecule has 2 N–H and O–H groups in total. The second-order valence-corrected chi connectivity index (χ2v) is 4.18. The van der Waals surface area contributed by atoms with Gasteiger partial charge in [-0.2, -0.15) is 5.10 Å². The number of carbonyl (C=O) groups is 1. The van der Waals surface area contributed by atoms with E-state index in [1.807, 2.05) is 19.9 Å². The van der Waals surface area contributed by atoms with Gasteiger partial charge in [0.1, 0.15) is 6.54 Å². The molecule has 1 amide bonds. The first-order chi connectivity index (χ1) is 8.13. The van der Waals surface area contributed by atoms with Crippen LogP contribution in [0.2, 0.25) is 0 Å². The van der Waals surface area contributed by atoms with E-state index in [4.69, 9.17) is 0 Å². The van der Waals surface area contributed by atoms with Crippen LogP contribution in [0.5, 0.6) is 0 Å². The summed E-state index contributed by atoms with van der Waals surface area (Å²) in [6, 6.07) is 1.97. The van der Waals surface area contributed by atoms with Crippen LogP contribution in [0.3, 0.4) is 0 Å². The number of hydrogen-bond acceptors (Lipinski definition) is 3. The number of hydrogen-bond donors (Lipinski definition) is 2. The van der Waals surface area contributed by atoms with E-state index in [9.17, 15) is 4.79 Å². The molecule has 0 aliphatic rings. The molecule has 0 radical (unpaired) electrons. The zero-order valence-corrected chi connectivity index (χ0v) is 13.4. The highest BCUT2D eigenvalue weighted by atomic mass is 35.5. The molecule has 1 aromatic heterocycles. The Labute approximate surface area is 127 Å². The largest absolute Gasteiger partial charge is 0.353 e. The average molecular weight is 311 g/mol. The molecule has 0 fully saturated rings. The van der Waals surface area contributed by atoms with E-state index in [0.29, 0.717) is 13.1 Å². The molecule has 19 heavy (non-hydrogen) atoms. The number of rotatable bonds is 7. The van der Waals surface area contributed by atoms with Gasteiger partial charge in [-0.3, -0.25) is 9.48 Å². The summed E-state index contributed by atoms with van der Waals surface area (Å²) < 4.78 is 1.73. The third-order valence-electron chi connectivity index (χ3n) is 2.45. The molecule has 5 nitrogen and oxygen atoms in total. The summed E-state index contributed by atoms with van der Waals surface area (Å²) in [4.78, 5) is 11.6. The number of carbonyl (C=O) groups excluding carboxylic acids is 1. The van der Waals surface area contributed by atoms with E-state index < -0.39 is 0 Å². The van der Waals surface area contributed by atoms with Crippen molar-refractivity contribution in [3.8, 4) is 0 Å². The normalized spacial score (nSPS) is 9.42. The van der Waals surface area contributed by atoms with E-state index in [1.54, 1.807) is 4.68 Å². The molecule has 7 heteroatoms. The zero-order chi connectivity index (χ0) is 12.7. The Morgan fingerprint density at radius 2 is 1.95 bits per heavy atom. The van der Waals surface area contributed by atoms with Crippen molar-refractivity contribution >= 4 is 30.7 Å². The summed E-state index contributed by atoms with van der Waals surface area (Å²) in [5.41, 5.74) is 1.96. The Kier molecular flexibility index (Phi) is 12.0. The van der Waals surface area contributed by atoms with Gasteiger partial charge < -0.3 is 10.6 Å². The standard InChI is InChI=1S/C12H22N4O.2ClH/c1-4-5-13-6-7-14-12(17)9-16-11(3)8-10(2)15-16;;/h8,13H,4-7,9H2,1-3H3,(H,14,17);2*1H. The minimum Gasteiger partial charge on any atom is -0.353 e. The van der Waals surface area contributed by atoms with E-state index in [1.165, 1.54) is 0 Å². The number of amides is 1. The van der Waals surface area contributed by atoms with Gasteiger partial charge in [-0.25, -0.2) is 0 Å². The van der Waals surface area contributed by atoms with Crippen LogP contribution in [0, 0.1) is 13.8 Å². The van der Waals surface area contributed by atoms with E-state index in [0.717, 1.165) is 30.9 Å². The summed E-state index contributed by atoms with van der Waals surface area (Å²) in [7, 11) is 0. The van der Waals surface area contributed by atoms with Crippen molar-refractivity contribution in [3.63, 3.8) is 0 Å². The molecule has 0 saturated heterocycles. The highest BCUT2D eigenvalue weighted by Gasteiger charge is 2.05. The molecule has 1 rings (SSSR count). The number of aromatic nitrogens is 2. The van der Waals surface area contributed by atoms with Crippen LogP contribution < -0.4 is 10.6 Å². The van der Waals surface area contributed by atoms with Gasteiger partial charge in [0.2, 0.25) is 5.91 Å². The molecular weight excluding hydrogens is 287 g/mol. The smallest absolute Gasteiger partial charge is 0.241 e. The van der Waals surface area contributed by atoms with E-state index in [-0.39, 0.29) is 30.7 Å². The molecule has 0 saturated carbocycles. The van der Waals surface area contributed by atoms with Crippen molar-refractivity contribution in [1.29, 1.82) is 0 Å². The first kappa shape index (κ1) is 20.5. The first-order valence-corrected chi connectivity index (χ1v) is 6.12. The van der Waals surface area contributed by atoms with Gasteiger partial charge in [-0.1, -0.05) is 6.92 Å². The summed E-state index contributed by atoms with van der Waals surface area (Å²) in [6.45, 7) is 8.77. The molecule has 0 atom stereocenters. The summed E-state index contributed by atoms with van der Waals surface area (Å²) in [6.07, 6.45) is 1.11. The highest BCUT2D eigenvalue weighted by molar-refractivity contribution is 5.85. The highest BCUT2D eigenvalue weighted by Crippen LogP contribution is 2.00. The first-order valence-electron chi connectivity index (χ1n) is 6.12. The van der Waals surface area contributed by atoms with Gasteiger partial charge in [0.15, 0.2) is 0 Å². The van der Waals surface area contributed by atoms with Crippen LogP contribution in [-0.4, -0.2) is 35.3 Å². The van der Waals surface area contributed by atoms with Gasteiger partial charge in [-0.05, 0) is 32.9 Å². The van der Waals surface area contributed by atoms with Crippen molar-refractivity contribution in [1.82, 2.24) is 20.4 Å². The van der Waals surface area contributed by atoms with Gasteiger partial charge in [0.05, 0.1) is 5.69 Å². The van der Waals surface area contributed by atoms with Gasteiger partial charge in [0, 0.05) is 18.8 Å². The third kappa shape index (κ3) is 8.08. The molecule has 0 bridgehead atoms. The third-order valence-corrected chi connectivity index (χ3v) is 2.45. The quantitative estimate of drug-likeness (QED) is 0.750. The number of nitrogens with zero attached hydrogens (tertiary/aromatic N) is 2. The Morgan fingerprint density at radius 3 is 2.47 bits per heavy atom. The maximum Gasteiger partial charge on any atom is 0.241 e. The second-order valence-electron chi connectivity index (χ2n) is 4.18. The van der Waals surface area contributed by atoms with Gasteiger partial charge in [-0.15, -0.1) is 24.8 Å². The van der Waals surface area contributed by atoms with Gasteiger partial charge >= 0.3 is 0 Å². The van der Waals surface area contributed by atoms with Crippen LogP contribution >= 0.6 is 24.8 Å². The summed E-state index contributed by atoms with van der Waals surface area (Å²) >= 11 is 0. The molecule has 0 aromatic carbocycles. The molecule has 1 heterocycles. The van der Waals surface area contributed by atoms with Crippen LogP contribution in [0.25, 0.3) is 0 Å². The van der Waals surface area contributed by atoms with Crippen molar-refractivity contribution < 1.29 is 4.79 Å². The monoisotopic (exact) mass is 310 g/mol. The minimum atomic E-state index is 0. The van der Waals surface area contributed by atoms with E-state index >= 15 is 0 Å². The Hall–Kier alpha value is -0.780. The molecule has 112 valence electrons. The van der Waals surface area contributed by atoms with Crippen molar-refractivity contribution in [3.05, 3.63) is 17.5 Å². The summed E-state index contributed by atoms with van der Waals surface area (Å²) in [5.74, 6) is 0.00879. The van der Waals surface area contributed by atoms with Crippen LogP contribution in [0.4, 0.5) is 0 Å². The maximum atomic E-state index is 11.6. The minimum absolute atomic E-state index is 0. The lowest BCUT2D eigenvalue weighted by Crippen LogP contribution is -2.34. The predicted molar refractivity (Wildman–Crippen MR) is 82.4 cm³/mol. The fourth-order valence-electron chi connectivity index (χ4n) is 1.62. The zero-order valence-electron chi connectivity index (χ0n) is 11.7. The van der Waals surface area contributed by atoms with Crippen LogP contribution in [-0.2, 0) is 11.3 Å². The molecule has 0 aliphatic heterocycles. The number of halogens is 2. The molecule has 0 aliphatic carbocycles. The van der Waals surface area contributed by atoms with Crippen molar-refractivity contribution in [2.75, 3.05) is 19.6 Å². The Balaban J connectivity index is 0. The fourth-order valence-corrected chi connectivity index (χ4v) is 1.62. The summed E-state index contributed by atoms with van der Waals surface area (Å²) in [5, 5.41) is 10.3. The molecule has 1 aromatic rings. The SMILES string of the molecule is CCCNCCNC(=O)Cn1nc(C)cc1C.Cl.Cl. The predicted octanol–water partition coefficient (Wildman–Crippen LogP) is 1.46. The molecule has 0 unspecified atom stereocenters. The number of aryl methyl sites for hydroxylation is 2. The lowest BCUT2D eigenvalue weighted by atomic mass is 10.4. The van der Waals surface area contributed by atoms with Crippen LogP contribution in [0.15, 0.2) is 6.07 Å². The molecular formula is C12H24Cl2N4O.